The highest BCUT2D eigenvalue weighted by Gasteiger charge is 2.20. The summed E-state index contributed by atoms with van der Waals surface area (Å²) in [5.41, 5.74) is 3.94. The maximum Gasteiger partial charge on any atom is 0.0711 e. The van der Waals surface area contributed by atoms with Crippen LogP contribution in [0.2, 0.25) is 0 Å². The summed E-state index contributed by atoms with van der Waals surface area (Å²) in [6.45, 7) is 4.23. The van der Waals surface area contributed by atoms with Crippen molar-refractivity contribution in [3.05, 3.63) is 66.4 Å². The second-order valence-corrected chi connectivity index (χ2v) is 5.65. The zero-order valence-corrected chi connectivity index (χ0v) is 12.0. The lowest BCUT2D eigenvalue weighted by molar-refractivity contribution is 0.335. The molecule has 0 radical (unpaired) electrons. The molecule has 0 bridgehead atoms. The van der Waals surface area contributed by atoms with Gasteiger partial charge in [-0.15, -0.1) is 0 Å². The normalized spacial score (nSPS) is 15.9. The number of benzene rings is 2. The number of para-hydroxylation sites is 2. The predicted molar refractivity (Wildman–Crippen MR) is 87.4 cm³/mol. The Morgan fingerprint density at radius 1 is 0.905 bits per heavy atom. The molecular weight excluding hydrogens is 258 g/mol. The minimum absolute atomic E-state index is 1.00. The molecule has 0 spiro atoms. The quantitative estimate of drug-likeness (QED) is 0.792. The minimum Gasteiger partial charge on any atom is -0.361 e. The van der Waals surface area contributed by atoms with Crippen molar-refractivity contribution in [1.82, 2.24) is 9.88 Å². The van der Waals surface area contributed by atoms with Gasteiger partial charge in [0.25, 0.3) is 0 Å². The summed E-state index contributed by atoms with van der Waals surface area (Å²) >= 11 is 0. The summed E-state index contributed by atoms with van der Waals surface area (Å²) in [7, 11) is 0. The van der Waals surface area contributed by atoms with Crippen molar-refractivity contribution < 1.29 is 0 Å². The Morgan fingerprint density at radius 3 is 2.62 bits per heavy atom. The third kappa shape index (κ3) is 2.41. The highest BCUT2D eigenvalue weighted by Crippen LogP contribution is 2.22. The second kappa shape index (κ2) is 5.26. The number of nitrogens with one attached hydrogen (secondary N) is 1. The van der Waals surface area contributed by atoms with E-state index in [1.54, 1.807) is 0 Å². The number of nitrogens with zero attached hydrogens (tertiary/aromatic N) is 2. The molecule has 1 fully saturated rings. The molecule has 2 aromatic carbocycles. The van der Waals surface area contributed by atoms with E-state index in [1.807, 2.05) is 0 Å². The van der Waals surface area contributed by atoms with E-state index in [1.165, 1.54) is 22.2 Å². The van der Waals surface area contributed by atoms with Gasteiger partial charge < -0.3 is 9.88 Å². The van der Waals surface area contributed by atoms with Crippen LogP contribution >= 0.6 is 0 Å². The first-order valence-electron chi connectivity index (χ1n) is 7.47. The molecule has 3 aromatic rings. The second-order valence-electron chi connectivity index (χ2n) is 5.65. The highest BCUT2D eigenvalue weighted by atomic mass is 15.4. The van der Waals surface area contributed by atoms with Gasteiger partial charge >= 0.3 is 0 Å². The molecule has 3 nitrogen and oxygen atoms in total. The number of hydrogen-bond acceptors (Lipinski definition) is 2. The zero-order valence-electron chi connectivity index (χ0n) is 12.0. The zero-order chi connectivity index (χ0) is 14.1. The van der Waals surface area contributed by atoms with Crippen molar-refractivity contribution in [2.75, 3.05) is 24.7 Å². The number of H-pyrrole nitrogens is 1. The molecule has 0 aliphatic carbocycles. The molecular formula is C18H19N3. The lowest BCUT2D eigenvalue weighted by atomic mass is 10.2. The Hall–Kier alpha value is -2.26. The first-order chi connectivity index (χ1) is 10.4. The van der Waals surface area contributed by atoms with Gasteiger partial charge in [0, 0.05) is 42.4 Å². The molecule has 2 heterocycles. The Labute approximate surface area is 124 Å². The maximum atomic E-state index is 3.36. The molecule has 0 amide bonds. The molecule has 21 heavy (non-hydrogen) atoms. The smallest absolute Gasteiger partial charge is 0.0711 e. The van der Waals surface area contributed by atoms with Crippen molar-refractivity contribution in [2.45, 2.75) is 6.54 Å². The van der Waals surface area contributed by atoms with Gasteiger partial charge in [-0.3, -0.25) is 4.90 Å². The highest BCUT2D eigenvalue weighted by molar-refractivity contribution is 5.82. The van der Waals surface area contributed by atoms with Gasteiger partial charge in [0.1, 0.15) is 0 Å². The van der Waals surface area contributed by atoms with Gasteiger partial charge in [0.2, 0.25) is 0 Å². The van der Waals surface area contributed by atoms with Gasteiger partial charge in [0.05, 0.1) is 6.67 Å². The Balaban J connectivity index is 1.49. The molecule has 4 rings (SSSR count). The van der Waals surface area contributed by atoms with E-state index in [9.17, 15) is 0 Å². The van der Waals surface area contributed by atoms with Crippen molar-refractivity contribution in [2.24, 2.45) is 0 Å². The van der Waals surface area contributed by atoms with Gasteiger partial charge in [-0.2, -0.15) is 0 Å². The Kier molecular flexibility index (Phi) is 3.13. The van der Waals surface area contributed by atoms with Crippen LogP contribution in [0, 0.1) is 0 Å². The van der Waals surface area contributed by atoms with Crippen LogP contribution in [0.3, 0.4) is 0 Å². The third-order valence-electron chi connectivity index (χ3n) is 4.25. The molecule has 1 saturated heterocycles. The van der Waals surface area contributed by atoms with Crippen molar-refractivity contribution in [3.8, 4) is 0 Å². The molecule has 1 aliphatic heterocycles. The standard InChI is InChI=1S/C18H19N3/c1-2-6-16(7-3-1)21-11-10-20(14-21)13-15-12-19-18-9-5-4-8-17(15)18/h1-9,12,19H,10-11,13-14H2. The molecule has 0 unspecified atom stereocenters. The fourth-order valence-electron chi connectivity index (χ4n) is 3.13. The molecule has 106 valence electrons. The lowest BCUT2D eigenvalue weighted by Crippen LogP contribution is -2.24. The number of aromatic nitrogens is 1. The van der Waals surface area contributed by atoms with E-state index >= 15 is 0 Å². The number of aromatic amines is 1. The van der Waals surface area contributed by atoms with E-state index in [4.69, 9.17) is 0 Å². The average Bonchev–Trinajstić information content (AvgIpc) is 3.17. The summed E-state index contributed by atoms with van der Waals surface area (Å²) < 4.78 is 0. The van der Waals surface area contributed by atoms with E-state index in [2.05, 4.69) is 75.6 Å². The number of rotatable bonds is 3. The van der Waals surface area contributed by atoms with Crippen LogP contribution in [0.15, 0.2) is 60.8 Å². The molecule has 1 aliphatic rings. The summed E-state index contributed by atoms with van der Waals surface area (Å²) in [4.78, 5) is 8.31. The van der Waals surface area contributed by atoms with Crippen LogP contribution in [-0.4, -0.2) is 29.6 Å². The molecule has 0 atom stereocenters. The van der Waals surface area contributed by atoms with E-state index in [0.717, 1.165) is 26.3 Å². The summed E-state index contributed by atoms with van der Waals surface area (Å²) in [6.07, 6.45) is 2.15. The van der Waals surface area contributed by atoms with Crippen LogP contribution in [0.4, 0.5) is 5.69 Å². The molecule has 1 N–H and O–H groups in total. The van der Waals surface area contributed by atoms with Crippen molar-refractivity contribution in [1.29, 1.82) is 0 Å². The van der Waals surface area contributed by atoms with Crippen LogP contribution in [0.1, 0.15) is 5.56 Å². The van der Waals surface area contributed by atoms with Crippen LogP contribution in [-0.2, 0) is 6.54 Å². The monoisotopic (exact) mass is 277 g/mol. The van der Waals surface area contributed by atoms with Crippen LogP contribution in [0.25, 0.3) is 10.9 Å². The first kappa shape index (κ1) is 12.5. The fraction of sp³-hybridized carbons (Fsp3) is 0.222. The number of anilines is 1. The third-order valence-corrected chi connectivity index (χ3v) is 4.25. The van der Waals surface area contributed by atoms with Gasteiger partial charge in [-0.05, 0) is 23.8 Å². The van der Waals surface area contributed by atoms with Crippen molar-refractivity contribution in [3.63, 3.8) is 0 Å². The first-order valence-corrected chi connectivity index (χ1v) is 7.47. The Morgan fingerprint density at radius 2 is 1.71 bits per heavy atom. The summed E-state index contributed by atoms with van der Waals surface area (Å²) in [5.74, 6) is 0. The van der Waals surface area contributed by atoms with Gasteiger partial charge in [0.15, 0.2) is 0 Å². The topological polar surface area (TPSA) is 22.3 Å². The summed E-state index contributed by atoms with van der Waals surface area (Å²) in [6, 6.07) is 19.2. The molecule has 1 aromatic heterocycles. The number of hydrogen-bond donors (Lipinski definition) is 1. The van der Waals surface area contributed by atoms with Crippen LogP contribution < -0.4 is 4.90 Å². The Bertz CT molecular complexity index is 732. The molecule has 3 heteroatoms. The summed E-state index contributed by atoms with van der Waals surface area (Å²) in [5, 5.41) is 1.34. The fourth-order valence-corrected chi connectivity index (χ4v) is 3.13. The lowest BCUT2D eigenvalue weighted by Gasteiger charge is -2.19. The SMILES string of the molecule is c1ccc(N2CCN(Cc3c[nH]c4ccccc34)C2)cc1. The van der Waals surface area contributed by atoms with Crippen LogP contribution in [0.5, 0.6) is 0 Å². The van der Waals surface area contributed by atoms with E-state index < -0.39 is 0 Å². The average molecular weight is 277 g/mol. The molecule has 0 saturated carbocycles. The van der Waals surface area contributed by atoms with Crippen molar-refractivity contribution >= 4 is 16.6 Å². The minimum atomic E-state index is 1.00. The van der Waals surface area contributed by atoms with E-state index in [-0.39, 0.29) is 0 Å². The largest absolute Gasteiger partial charge is 0.361 e. The van der Waals surface area contributed by atoms with Gasteiger partial charge in [-0.25, -0.2) is 0 Å². The predicted octanol–water partition coefficient (Wildman–Crippen LogP) is 3.45. The maximum absolute atomic E-state index is 3.36. The van der Waals surface area contributed by atoms with E-state index in [0.29, 0.717) is 0 Å². The number of fused-ring (bicyclic) bond motifs is 1. The van der Waals surface area contributed by atoms with Gasteiger partial charge in [-0.1, -0.05) is 36.4 Å².